The number of fused-ring (bicyclic) bond motifs is 2. The fourth-order valence-electron chi connectivity index (χ4n) is 3.45. The van der Waals surface area contributed by atoms with Gasteiger partial charge in [-0.25, -0.2) is 4.79 Å². The Hall–Kier alpha value is -3.22. The second-order valence-electron chi connectivity index (χ2n) is 7.11. The second kappa shape index (κ2) is 8.43. The lowest BCUT2D eigenvalue weighted by Gasteiger charge is -2.14. The van der Waals surface area contributed by atoms with Crippen molar-refractivity contribution in [3.8, 4) is 17.2 Å². The molecule has 1 amide bonds. The van der Waals surface area contributed by atoms with Crippen LogP contribution in [0, 0.1) is 0 Å². The van der Waals surface area contributed by atoms with Crippen molar-refractivity contribution in [2.45, 2.75) is 38.8 Å². The van der Waals surface area contributed by atoms with Gasteiger partial charge in [-0.15, -0.1) is 0 Å². The molecule has 1 unspecified atom stereocenters. The molecule has 2 aromatic rings. The molecule has 1 N–H and O–H groups in total. The predicted octanol–water partition coefficient (Wildman–Crippen LogP) is 2.53. The molecular formula is C22H23NO6. The van der Waals surface area contributed by atoms with Gasteiger partial charge in [0, 0.05) is 6.54 Å². The molecule has 0 fully saturated rings. The zero-order chi connectivity index (χ0) is 20.2. The van der Waals surface area contributed by atoms with Crippen molar-refractivity contribution in [1.29, 1.82) is 0 Å². The molecular weight excluding hydrogens is 374 g/mol. The maximum Gasteiger partial charge on any atom is 0.344 e. The normalized spacial score (nSPS) is 14.8. The van der Waals surface area contributed by atoms with E-state index in [1.165, 1.54) is 18.1 Å². The average molecular weight is 397 g/mol. The Morgan fingerprint density at radius 1 is 1.07 bits per heavy atom. The van der Waals surface area contributed by atoms with Crippen molar-refractivity contribution in [2.24, 2.45) is 0 Å². The zero-order valence-corrected chi connectivity index (χ0v) is 16.2. The van der Waals surface area contributed by atoms with Crippen LogP contribution in [0.5, 0.6) is 17.2 Å². The Morgan fingerprint density at radius 2 is 1.90 bits per heavy atom. The Morgan fingerprint density at radius 3 is 2.79 bits per heavy atom. The minimum Gasteiger partial charge on any atom is -0.482 e. The van der Waals surface area contributed by atoms with Crippen LogP contribution >= 0.6 is 0 Å². The number of hydrogen-bond donors (Lipinski definition) is 1. The van der Waals surface area contributed by atoms with Gasteiger partial charge in [-0.2, -0.15) is 0 Å². The standard InChI is InChI=1S/C22H23NO6/c1-14(22(25)23-11-15-5-8-19-20(9-15)28-13-27-19)29-21(24)12-26-18-7-6-16-3-2-4-17(16)10-18/h5-10,14H,2-4,11-13H2,1H3,(H,23,25). The summed E-state index contributed by atoms with van der Waals surface area (Å²) in [7, 11) is 0. The number of hydrogen-bond acceptors (Lipinski definition) is 6. The zero-order valence-electron chi connectivity index (χ0n) is 16.2. The molecule has 1 aliphatic carbocycles. The lowest BCUT2D eigenvalue weighted by molar-refractivity contribution is -0.156. The van der Waals surface area contributed by atoms with Crippen LogP contribution in [0.4, 0.5) is 0 Å². The summed E-state index contributed by atoms with van der Waals surface area (Å²) in [5.41, 5.74) is 3.47. The van der Waals surface area contributed by atoms with Crippen LogP contribution in [0.2, 0.25) is 0 Å². The smallest absolute Gasteiger partial charge is 0.344 e. The molecule has 0 saturated heterocycles. The van der Waals surface area contributed by atoms with E-state index in [1.54, 1.807) is 6.07 Å². The molecule has 152 valence electrons. The maximum atomic E-state index is 12.2. The second-order valence-corrected chi connectivity index (χ2v) is 7.11. The molecule has 29 heavy (non-hydrogen) atoms. The van der Waals surface area contributed by atoms with Gasteiger partial charge in [0.15, 0.2) is 24.2 Å². The van der Waals surface area contributed by atoms with Crippen LogP contribution in [-0.2, 0) is 33.7 Å². The Labute approximate surface area is 168 Å². The molecule has 2 aromatic carbocycles. The molecule has 0 bridgehead atoms. The highest BCUT2D eigenvalue weighted by Gasteiger charge is 2.19. The van der Waals surface area contributed by atoms with Crippen molar-refractivity contribution >= 4 is 11.9 Å². The first-order valence-corrected chi connectivity index (χ1v) is 9.69. The summed E-state index contributed by atoms with van der Waals surface area (Å²) in [4.78, 5) is 24.2. The van der Waals surface area contributed by atoms with Gasteiger partial charge in [0.1, 0.15) is 5.75 Å². The van der Waals surface area contributed by atoms with Gasteiger partial charge >= 0.3 is 5.97 Å². The van der Waals surface area contributed by atoms with Crippen molar-refractivity contribution in [2.75, 3.05) is 13.4 Å². The number of rotatable bonds is 7. The highest BCUT2D eigenvalue weighted by atomic mass is 16.7. The number of amides is 1. The van der Waals surface area contributed by atoms with Crippen molar-refractivity contribution in [1.82, 2.24) is 5.32 Å². The molecule has 7 heteroatoms. The fraction of sp³-hybridized carbons (Fsp3) is 0.364. The van der Waals surface area contributed by atoms with Crippen molar-refractivity contribution in [3.05, 3.63) is 53.1 Å². The third kappa shape index (κ3) is 4.62. The van der Waals surface area contributed by atoms with Gasteiger partial charge in [-0.3, -0.25) is 4.79 Å². The average Bonchev–Trinajstić information content (AvgIpc) is 3.38. The highest BCUT2D eigenvalue weighted by molar-refractivity contribution is 5.83. The first-order chi connectivity index (χ1) is 14.1. The number of carbonyl (C=O) groups excluding carboxylic acids is 2. The van der Waals surface area contributed by atoms with Gasteiger partial charge < -0.3 is 24.3 Å². The summed E-state index contributed by atoms with van der Waals surface area (Å²) in [6.07, 6.45) is 2.37. The molecule has 0 radical (unpaired) electrons. The van der Waals surface area contributed by atoms with E-state index in [-0.39, 0.29) is 19.3 Å². The molecule has 7 nitrogen and oxygen atoms in total. The van der Waals surface area contributed by atoms with E-state index in [2.05, 4.69) is 5.32 Å². The minimum atomic E-state index is -0.917. The summed E-state index contributed by atoms with van der Waals surface area (Å²) in [5.74, 6) is 1.01. The van der Waals surface area contributed by atoms with Crippen LogP contribution in [0.1, 0.15) is 30.0 Å². The molecule has 0 spiro atoms. The summed E-state index contributed by atoms with van der Waals surface area (Å²) >= 11 is 0. The summed E-state index contributed by atoms with van der Waals surface area (Å²) < 4.78 is 21.3. The van der Waals surface area contributed by atoms with Crippen LogP contribution in [0.15, 0.2) is 36.4 Å². The van der Waals surface area contributed by atoms with E-state index in [0.717, 1.165) is 24.8 Å². The maximum absolute atomic E-state index is 12.2. The number of esters is 1. The molecule has 1 heterocycles. The predicted molar refractivity (Wildman–Crippen MR) is 104 cm³/mol. The molecule has 2 aliphatic rings. The minimum absolute atomic E-state index is 0.200. The SMILES string of the molecule is CC(OC(=O)COc1ccc2c(c1)CCC2)C(=O)NCc1ccc2c(c1)OCO2. The van der Waals surface area contributed by atoms with Crippen molar-refractivity contribution < 1.29 is 28.5 Å². The monoisotopic (exact) mass is 397 g/mol. The lowest BCUT2D eigenvalue weighted by Crippen LogP contribution is -2.36. The van der Waals surface area contributed by atoms with E-state index in [9.17, 15) is 9.59 Å². The first-order valence-electron chi connectivity index (χ1n) is 9.69. The number of carbonyl (C=O) groups is 2. The fourth-order valence-corrected chi connectivity index (χ4v) is 3.45. The highest BCUT2D eigenvalue weighted by Crippen LogP contribution is 2.32. The lowest BCUT2D eigenvalue weighted by atomic mass is 10.1. The summed E-state index contributed by atoms with van der Waals surface area (Å²) in [5, 5.41) is 2.74. The van der Waals surface area contributed by atoms with Gasteiger partial charge in [0.2, 0.25) is 6.79 Å². The summed E-state index contributed by atoms with van der Waals surface area (Å²) in [6.45, 7) is 1.79. The number of nitrogens with one attached hydrogen (secondary N) is 1. The van der Waals surface area contributed by atoms with E-state index in [4.69, 9.17) is 18.9 Å². The largest absolute Gasteiger partial charge is 0.482 e. The van der Waals surface area contributed by atoms with Crippen LogP contribution in [-0.4, -0.2) is 31.4 Å². The molecule has 0 saturated carbocycles. The number of benzene rings is 2. The number of ether oxygens (including phenoxy) is 4. The first kappa shape index (κ1) is 19.1. The Balaban J connectivity index is 1.21. The van der Waals surface area contributed by atoms with Crippen molar-refractivity contribution in [3.63, 3.8) is 0 Å². The molecule has 1 aliphatic heterocycles. The molecule has 4 rings (SSSR count). The third-order valence-corrected chi connectivity index (χ3v) is 5.01. The van der Waals surface area contributed by atoms with Crippen LogP contribution in [0.25, 0.3) is 0 Å². The van der Waals surface area contributed by atoms with E-state index in [1.807, 2.05) is 30.3 Å². The summed E-state index contributed by atoms with van der Waals surface area (Å²) in [6, 6.07) is 11.3. The Bertz CT molecular complexity index is 926. The van der Waals surface area contributed by atoms with Gasteiger partial charge in [-0.1, -0.05) is 12.1 Å². The third-order valence-electron chi connectivity index (χ3n) is 5.01. The molecule has 0 aromatic heterocycles. The van der Waals surface area contributed by atoms with Crippen LogP contribution in [0.3, 0.4) is 0 Å². The quantitative estimate of drug-likeness (QED) is 0.723. The topological polar surface area (TPSA) is 83.1 Å². The van der Waals surface area contributed by atoms with E-state index < -0.39 is 12.1 Å². The van der Waals surface area contributed by atoms with Gasteiger partial charge in [-0.05, 0) is 67.1 Å². The van der Waals surface area contributed by atoms with Crippen LogP contribution < -0.4 is 19.5 Å². The number of aryl methyl sites for hydroxylation is 2. The van der Waals surface area contributed by atoms with Gasteiger partial charge in [0.05, 0.1) is 0 Å². The Kier molecular flexibility index (Phi) is 5.55. The molecule has 1 atom stereocenters. The van der Waals surface area contributed by atoms with Gasteiger partial charge in [0.25, 0.3) is 5.91 Å². The van der Waals surface area contributed by atoms with E-state index >= 15 is 0 Å². The van der Waals surface area contributed by atoms with E-state index in [0.29, 0.717) is 23.8 Å².